The Bertz CT molecular complexity index is 559. The van der Waals surface area contributed by atoms with Crippen LogP contribution in [0.1, 0.15) is 24.8 Å². The van der Waals surface area contributed by atoms with Crippen molar-refractivity contribution in [3.05, 3.63) is 35.6 Å². The van der Waals surface area contributed by atoms with Gasteiger partial charge in [0.1, 0.15) is 11.2 Å². The molecule has 2 amide bonds. The summed E-state index contributed by atoms with van der Waals surface area (Å²) in [5.41, 5.74) is -0.371. The average Bonchev–Trinajstić information content (AvgIpc) is 3.35. The van der Waals surface area contributed by atoms with E-state index in [2.05, 4.69) is 10.6 Å². The van der Waals surface area contributed by atoms with E-state index in [0.29, 0.717) is 50.9 Å². The maximum Gasteiger partial charge on any atom is 0.235 e. The molecule has 0 radical (unpaired) electrons. The average molecular weight is 322 g/mol. The number of methoxy groups -OCH3 is 1. The summed E-state index contributed by atoms with van der Waals surface area (Å²) in [4.78, 5) is 24.4. The van der Waals surface area contributed by atoms with Crippen molar-refractivity contribution >= 4 is 11.8 Å². The van der Waals surface area contributed by atoms with Gasteiger partial charge in [-0.05, 0) is 37.3 Å². The summed E-state index contributed by atoms with van der Waals surface area (Å²) in [6.07, 6.45) is 2.25. The molecular weight excluding hydrogens is 299 g/mol. The molecule has 0 saturated heterocycles. The second-order valence-electron chi connectivity index (χ2n) is 5.78. The van der Waals surface area contributed by atoms with Crippen LogP contribution in [-0.2, 0) is 20.7 Å². The smallest absolute Gasteiger partial charge is 0.235 e. The first-order valence-corrected chi connectivity index (χ1v) is 7.89. The van der Waals surface area contributed by atoms with Gasteiger partial charge < -0.3 is 15.4 Å². The Morgan fingerprint density at radius 3 is 2.43 bits per heavy atom. The minimum absolute atomic E-state index is 0.225. The second kappa shape index (κ2) is 8.06. The zero-order valence-electron chi connectivity index (χ0n) is 13.4. The van der Waals surface area contributed by atoms with E-state index in [0.717, 1.165) is 0 Å². The summed E-state index contributed by atoms with van der Waals surface area (Å²) >= 11 is 0. The number of carbonyl (C=O) groups is 2. The first-order valence-electron chi connectivity index (χ1n) is 7.89. The molecule has 1 aliphatic carbocycles. The quantitative estimate of drug-likeness (QED) is 0.534. The molecule has 0 heterocycles. The van der Waals surface area contributed by atoms with Gasteiger partial charge >= 0.3 is 0 Å². The number of amides is 2. The summed E-state index contributed by atoms with van der Waals surface area (Å²) in [7, 11) is 1.60. The lowest BCUT2D eigenvalue weighted by molar-refractivity contribution is -0.137. The maximum atomic E-state index is 13.5. The van der Waals surface area contributed by atoms with Crippen LogP contribution in [0.2, 0.25) is 0 Å². The van der Waals surface area contributed by atoms with Crippen LogP contribution in [0.5, 0.6) is 0 Å². The predicted molar refractivity (Wildman–Crippen MR) is 84.3 cm³/mol. The highest BCUT2D eigenvalue weighted by molar-refractivity contribution is 6.07. The molecule has 0 unspecified atom stereocenters. The molecule has 126 valence electrons. The number of hydrogen-bond acceptors (Lipinski definition) is 3. The van der Waals surface area contributed by atoms with Crippen molar-refractivity contribution in [3.8, 4) is 0 Å². The van der Waals surface area contributed by atoms with Crippen molar-refractivity contribution in [1.29, 1.82) is 0 Å². The number of rotatable bonds is 9. The highest BCUT2D eigenvalue weighted by atomic mass is 19.1. The molecule has 0 aliphatic heterocycles. The molecular formula is C17H23FN2O3. The molecule has 1 saturated carbocycles. The number of halogens is 1. The van der Waals surface area contributed by atoms with E-state index in [1.807, 2.05) is 0 Å². The largest absolute Gasteiger partial charge is 0.385 e. The molecule has 23 heavy (non-hydrogen) atoms. The second-order valence-corrected chi connectivity index (χ2v) is 5.78. The van der Waals surface area contributed by atoms with E-state index < -0.39 is 5.41 Å². The first kappa shape index (κ1) is 17.4. The molecule has 5 nitrogen and oxygen atoms in total. The van der Waals surface area contributed by atoms with Crippen molar-refractivity contribution in [3.63, 3.8) is 0 Å². The zero-order chi connectivity index (χ0) is 16.7. The van der Waals surface area contributed by atoms with Crippen LogP contribution in [0, 0.1) is 11.2 Å². The summed E-state index contributed by atoms with van der Waals surface area (Å²) in [6, 6.07) is 6.48. The summed E-state index contributed by atoms with van der Waals surface area (Å²) in [5.74, 6) is -0.770. The number of carbonyl (C=O) groups excluding carboxylic acids is 2. The first-order chi connectivity index (χ1) is 11.1. The van der Waals surface area contributed by atoms with Crippen molar-refractivity contribution in [2.75, 3.05) is 26.8 Å². The Balaban J connectivity index is 1.76. The molecule has 1 aromatic carbocycles. The van der Waals surface area contributed by atoms with Crippen LogP contribution >= 0.6 is 0 Å². The monoisotopic (exact) mass is 322 g/mol. The Labute approximate surface area is 135 Å². The van der Waals surface area contributed by atoms with Crippen LogP contribution in [0.25, 0.3) is 0 Å². The molecule has 2 rings (SSSR count). The molecule has 2 N–H and O–H groups in total. The molecule has 0 aromatic heterocycles. The Morgan fingerprint density at radius 1 is 1.17 bits per heavy atom. The molecule has 0 bridgehead atoms. The van der Waals surface area contributed by atoms with Crippen LogP contribution in [0.15, 0.2) is 24.3 Å². The standard InChI is InChI=1S/C17H23FN2O3/c1-23-12-4-10-19-15(21)17(8-9-17)16(22)20-11-7-13-5-2-3-6-14(13)18/h2-3,5-6H,4,7-12H2,1H3,(H,19,21)(H,20,22). The van der Waals surface area contributed by atoms with E-state index in [-0.39, 0.29) is 17.6 Å². The van der Waals surface area contributed by atoms with Gasteiger partial charge in [0, 0.05) is 26.8 Å². The topological polar surface area (TPSA) is 67.4 Å². The molecule has 1 fully saturated rings. The fraction of sp³-hybridized carbons (Fsp3) is 0.529. The van der Waals surface area contributed by atoms with E-state index in [4.69, 9.17) is 4.74 Å². The van der Waals surface area contributed by atoms with Crippen molar-refractivity contribution in [1.82, 2.24) is 10.6 Å². The van der Waals surface area contributed by atoms with Gasteiger partial charge in [0.05, 0.1) is 0 Å². The Kier molecular flexibility index (Phi) is 6.10. The molecule has 0 atom stereocenters. The summed E-state index contributed by atoms with van der Waals surface area (Å²) in [5, 5.41) is 5.53. The lowest BCUT2D eigenvalue weighted by atomic mass is 10.0. The molecule has 0 spiro atoms. The van der Waals surface area contributed by atoms with Gasteiger partial charge in [-0.2, -0.15) is 0 Å². The van der Waals surface area contributed by atoms with Gasteiger partial charge in [-0.3, -0.25) is 9.59 Å². The van der Waals surface area contributed by atoms with Crippen LogP contribution in [-0.4, -0.2) is 38.6 Å². The Hall–Kier alpha value is -1.95. The third-order valence-electron chi connectivity index (χ3n) is 4.07. The van der Waals surface area contributed by atoms with E-state index in [9.17, 15) is 14.0 Å². The third kappa shape index (κ3) is 4.51. The van der Waals surface area contributed by atoms with Crippen molar-refractivity contribution in [2.45, 2.75) is 25.7 Å². The van der Waals surface area contributed by atoms with E-state index in [1.165, 1.54) is 6.07 Å². The number of nitrogens with one attached hydrogen (secondary N) is 2. The highest BCUT2D eigenvalue weighted by Crippen LogP contribution is 2.46. The van der Waals surface area contributed by atoms with Gasteiger partial charge in [0.25, 0.3) is 0 Å². The molecule has 1 aliphatic rings. The Morgan fingerprint density at radius 2 is 1.83 bits per heavy atom. The fourth-order valence-electron chi connectivity index (χ4n) is 2.45. The maximum absolute atomic E-state index is 13.5. The minimum Gasteiger partial charge on any atom is -0.385 e. The van der Waals surface area contributed by atoms with Crippen molar-refractivity contribution < 1.29 is 18.7 Å². The van der Waals surface area contributed by atoms with Crippen LogP contribution in [0.4, 0.5) is 4.39 Å². The molecule has 1 aromatic rings. The minimum atomic E-state index is -0.928. The van der Waals surface area contributed by atoms with Gasteiger partial charge in [0.15, 0.2) is 0 Å². The number of benzene rings is 1. The van der Waals surface area contributed by atoms with Crippen LogP contribution < -0.4 is 10.6 Å². The SMILES string of the molecule is COCCCNC(=O)C1(C(=O)NCCc2ccccc2F)CC1. The van der Waals surface area contributed by atoms with E-state index in [1.54, 1.807) is 25.3 Å². The van der Waals surface area contributed by atoms with Gasteiger partial charge in [-0.1, -0.05) is 18.2 Å². The van der Waals surface area contributed by atoms with Crippen molar-refractivity contribution in [2.24, 2.45) is 5.41 Å². The highest BCUT2D eigenvalue weighted by Gasteiger charge is 2.56. The fourth-order valence-corrected chi connectivity index (χ4v) is 2.45. The third-order valence-corrected chi connectivity index (χ3v) is 4.07. The summed E-state index contributed by atoms with van der Waals surface area (Å²) in [6.45, 7) is 1.39. The number of ether oxygens (including phenoxy) is 1. The molecule has 6 heteroatoms. The van der Waals surface area contributed by atoms with Crippen LogP contribution in [0.3, 0.4) is 0 Å². The zero-order valence-corrected chi connectivity index (χ0v) is 13.4. The lowest BCUT2D eigenvalue weighted by Crippen LogP contribution is -2.44. The predicted octanol–water partition coefficient (Wildman–Crippen LogP) is 1.42. The normalized spacial score (nSPS) is 15.0. The lowest BCUT2D eigenvalue weighted by Gasteiger charge is -2.15. The van der Waals surface area contributed by atoms with Gasteiger partial charge in [-0.25, -0.2) is 4.39 Å². The van der Waals surface area contributed by atoms with Gasteiger partial charge in [0.2, 0.25) is 11.8 Å². The number of hydrogen-bond donors (Lipinski definition) is 2. The summed E-state index contributed by atoms with van der Waals surface area (Å²) < 4.78 is 18.4. The van der Waals surface area contributed by atoms with E-state index >= 15 is 0 Å². The van der Waals surface area contributed by atoms with Gasteiger partial charge in [-0.15, -0.1) is 0 Å².